The largest absolute Gasteiger partial charge is 0.573 e. The molecule has 1 aromatic heterocycles. The fourth-order valence-corrected chi connectivity index (χ4v) is 2.87. The Kier molecular flexibility index (Phi) is 5.82. The Labute approximate surface area is 154 Å². The van der Waals surface area contributed by atoms with Crippen molar-refractivity contribution in [3.05, 3.63) is 41.5 Å². The minimum atomic E-state index is -4.74. The Morgan fingerprint density at radius 3 is 2.85 bits per heavy atom. The third-order valence-electron chi connectivity index (χ3n) is 4.05. The van der Waals surface area contributed by atoms with Crippen molar-refractivity contribution in [3.63, 3.8) is 0 Å². The van der Waals surface area contributed by atoms with Gasteiger partial charge in [0.25, 0.3) is 0 Å². The fraction of sp³-hybridized carbons (Fsp3) is 0.471. The van der Waals surface area contributed by atoms with E-state index in [1.54, 1.807) is 12.1 Å². The van der Waals surface area contributed by atoms with Gasteiger partial charge in [-0.25, -0.2) is 4.99 Å². The first kappa shape index (κ1) is 19.0. The van der Waals surface area contributed by atoms with E-state index in [2.05, 4.69) is 35.1 Å². The van der Waals surface area contributed by atoms with E-state index in [9.17, 15) is 13.2 Å². The number of fused-ring (bicyclic) bond motifs is 1. The Morgan fingerprint density at radius 2 is 2.07 bits per heavy atom. The van der Waals surface area contributed by atoms with Crippen LogP contribution in [0.1, 0.15) is 30.6 Å². The Balaban J connectivity index is 1.67. The number of hydrogen-bond donors (Lipinski definition) is 2. The second-order valence-corrected chi connectivity index (χ2v) is 5.99. The van der Waals surface area contributed by atoms with Gasteiger partial charge >= 0.3 is 6.36 Å². The summed E-state index contributed by atoms with van der Waals surface area (Å²) in [6.45, 7) is 3.89. The predicted octanol–water partition coefficient (Wildman–Crippen LogP) is 2.38. The number of benzene rings is 1. The second kappa shape index (κ2) is 8.28. The molecule has 0 spiro atoms. The van der Waals surface area contributed by atoms with Gasteiger partial charge in [-0.1, -0.05) is 18.2 Å². The first-order chi connectivity index (χ1) is 13.0. The monoisotopic (exact) mass is 382 g/mol. The summed E-state index contributed by atoms with van der Waals surface area (Å²) in [6, 6.07) is 5.97. The minimum absolute atomic E-state index is 0.0412. The molecule has 7 nitrogen and oxygen atoms in total. The molecule has 2 aromatic rings. The first-order valence-corrected chi connectivity index (χ1v) is 8.73. The molecular formula is C17H21F3N6O. The average molecular weight is 382 g/mol. The van der Waals surface area contributed by atoms with Crippen LogP contribution in [0.4, 0.5) is 13.2 Å². The molecule has 146 valence electrons. The van der Waals surface area contributed by atoms with Gasteiger partial charge in [-0.2, -0.15) is 0 Å². The third kappa shape index (κ3) is 5.11. The van der Waals surface area contributed by atoms with E-state index in [1.807, 2.05) is 6.92 Å². The lowest BCUT2D eigenvalue weighted by Gasteiger charge is -2.14. The number of nitrogens with one attached hydrogen (secondary N) is 2. The molecule has 2 N–H and O–H groups in total. The number of aromatic nitrogens is 3. The van der Waals surface area contributed by atoms with E-state index in [4.69, 9.17) is 0 Å². The van der Waals surface area contributed by atoms with Crippen molar-refractivity contribution in [2.75, 3.05) is 6.54 Å². The van der Waals surface area contributed by atoms with Gasteiger partial charge in [0.05, 0.1) is 13.1 Å². The van der Waals surface area contributed by atoms with Gasteiger partial charge < -0.3 is 19.9 Å². The van der Waals surface area contributed by atoms with E-state index in [0.29, 0.717) is 24.6 Å². The lowest BCUT2D eigenvalue weighted by atomic mass is 10.2. The lowest BCUT2D eigenvalue weighted by Crippen LogP contribution is -2.37. The number of aryl methyl sites for hydroxylation is 1. The van der Waals surface area contributed by atoms with Gasteiger partial charge in [0.1, 0.15) is 11.6 Å². The highest BCUT2D eigenvalue weighted by Crippen LogP contribution is 2.26. The van der Waals surface area contributed by atoms with Gasteiger partial charge in [-0.05, 0) is 19.4 Å². The van der Waals surface area contributed by atoms with Crippen molar-refractivity contribution in [3.8, 4) is 5.75 Å². The molecule has 0 radical (unpaired) electrons. The van der Waals surface area contributed by atoms with E-state index in [-0.39, 0.29) is 12.3 Å². The first-order valence-electron chi connectivity index (χ1n) is 8.73. The molecule has 10 heteroatoms. The summed E-state index contributed by atoms with van der Waals surface area (Å²) in [5.41, 5.74) is 0.343. The zero-order valence-corrected chi connectivity index (χ0v) is 14.9. The molecule has 0 amide bonds. The number of ether oxygens (including phenoxy) is 1. The molecule has 0 fully saturated rings. The molecular weight excluding hydrogens is 361 g/mol. The molecule has 0 bridgehead atoms. The van der Waals surface area contributed by atoms with E-state index >= 15 is 0 Å². The number of nitrogens with zero attached hydrogens (tertiary/aromatic N) is 4. The molecule has 3 rings (SSSR count). The highest BCUT2D eigenvalue weighted by Gasteiger charge is 2.31. The summed E-state index contributed by atoms with van der Waals surface area (Å²) in [5.74, 6) is 2.02. The molecule has 1 aliphatic rings. The van der Waals surface area contributed by atoms with Gasteiger partial charge in [-0.3, -0.25) is 0 Å². The predicted molar refractivity (Wildman–Crippen MR) is 93.1 cm³/mol. The molecule has 2 heterocycles. The van der Waals surface area contributed by atoms with Crippen LogP contribution in [0.15, 0.2) is 29.3 Å². The smallest absolute Gasteiger partial charge is 0.405 e. The van der Waals surface area contributed by atoms with E-state index in [1.165, 1.54) is 12.1 Å². The number of halogens is 3. The Hall–Kier alpha value is -2.78. The zero-order valence-electron chi connectivity index (χ0n) is 14.9. The van der Waals surface area contributed by atoms with Gasteiger partial charge in [-0.15, -0.1) is 23.4 Å². The SMILES string of the molecule is CCNC(=NCc1ccccc1OC(F)(F)F)NCc1nnc2n1CCC2. The third-order valence-corrected chi connectivity index (χ3v) is 4.05. The van der Waals surface area contributed by atoms with Crippen molar-refractivity contribution in [1.82, 2.24) is 25.4 Å². The van der Waals surface area contributed by atoms with Crippen molar-refractivity contribution >= 4 is 5.96 Å². The van der Waals surface area contributed by atoms with Gasteiger partial charge in [0.2, 0.25) is 0 Å². The summed E-state index contributed by atoms with van der Waals surface area (Å²) in [7, 11) is 0. The van der Waals surface area contributed by atoms with Crippen LogP contribution in [0.25, 0.3) is 0 Å². The van der Waals surface area contributed by atoms with Crippen LogP contribution < -0.4 is 15.4 Å². The maximum atomic E-state index is 12.5. The van der Waals surface area contributed by atoms with Crippen molar-refractivity contribution in [1.29, 1.82) is 0 Å². The number of rotatable bonds is 6. The average Bonchev–Trinajstić information content (AvgIpc) is 3.21. The minimum Gasteiger partial charge on any atom is -0.405 e. The van der Waals surface area contributed by atoms with Crippen LogP contribution in [-0.2, 0) is 26.1 Å². The molecule has 27 heavy (non-hydrogen) atoms. The van der Waals surface area contributed by atoms with Crippen LogP contribution in [0.5, 0.6) is 5.75 Å². The van der Waals surface area contributed by atoms with Crippen LogP contribution in [-0.4, -0.2) is 33.6 Å². The van der Waals surface area contributed by atoms with Crippen LogP contribution >= 0.6 is 0 Å². The highest BCUT2D eigenvalue weighted by molar-refractivity contribution is 5.79. The summed E-state index contributed by atoms with van der Waals surface area (Å²) < 4.78 is 43.7. The normalized spacial score (nSPS) is 14.1. The molecule has 1 aliphatic heterocycles. The van der Waals surface area contributed by atoms with Crippen molar-refractivity contribution in [2.45, 2.75) is 45.8 Å². The van der Waals surface area contributed by atoms with Crippen molar-refractivity contribution < 1.29 is 17.9 Å². The number of alkyl halides is 3. The van der Waals surface area contributed by atoms with Crippen LogP contribution in [0.3, 0.4) is 0 Å². The summed E-state index contributed by atoms with van der Waals surface area (Å²) in [5, 5.41) is 14.5. The number of hydrogen-bond acceptors (Lipinski definition) is 4. The fourth-order valence-electron chi connectivity index (χ4n) is 2.87. The Morgan fingerprint density at radius 1 is 1.26 bits per heavy atom. The highest BCUT2D eigenvalue weighted by atomic mass is 19.4. The molecule has 0 aliphatic carbocycles. The molecule has 0 saturated heterocycles. The molecule has 1 aromatic carbocycles. The number of para-hydroxylation sites is 1. The molecule has 0 unspecified atom stereocenters. The van der Waals surface area contributed by atoms with Gasteiger partial charge in [0, 0.05) is 25.1 Å². The van der Waals surface area contributed by atoms with E-state index in [0.717, 1.165) is 31.0 Å². The van der Waals surface area contributed by atoms with Crippen LogP contribution in [0, 0.1) is 0 Å². The Bertz CT molecular complexity index is 802. The summed E-state index contributed by atoms with van der Waals surface area (Å²) >= 11 is 0. The van der Waals surface area contributed by atoms with Crippen LogP contribution in [0.2, 0.25) is 0 Å². The second-order valence-electron chi connectivity index (χ2n) is 5.99. The zero-order chi connectivity index (χ0) is 19.3. The standard InChI is InChI=1S/C17H21F3N6O/c1-2-21-16(23-11-15-25-24-14-8-5-9-26(14)15)22-10-12-6-3-4-7-13(12)27-17(18,19)20/h3-4,6-7H,2,5,8-11H2,1H3,(H2,21,22,23). The summed E-state index contributed by atoms with van der Waals surface area (Å²) in [6.07, 6.45) is -2.75. The molecule has 0 atom stereocenters. The molecule has 0 saturated carbocycles. The number of aliphatic imine (C=N–C) groups is 1. The lowest BCUT2D eigenvalue weighted by molar-refractivity contribution is -0.274. The van der Waals surface area contributed by atoms with E-state index < -0.39 is 6.36 Å². The maximum Gasteiger partial charge on any atom is 0.573 e. The number of guanidine groups is 1. The van der Waals surface area contributed by atoms with Crippen molar-refractivity contribution in [2.24, 2.45) is 4.99 Å². The topological polar surface area (TPSA) is 76.4 Å². The maximum absolute atomic E-state index is 12.5. The quantitative estimate of drug-likeness (QED) is 0.593. The summed E-state index contributed by atoms with van der Waals surface area (Å²) in [4.78, 5) is 4.36. The van der Waals surface area contributed by atoms with Gasteiger partial charge in [0.15, 0.2) is 11.8 Å².